The van der Waals surface area contributed by atoms with Crippen LogP contribution in [-0.4, -0.2) is 47.5 Å². The zero-order chi connectivity index (χ0) is 17.1. The maximum atomic E-state index is 10.0. The standard InChI is InChI=1S/C18H23N3O3.ClH/c1-11(2)20-7-12(22)10-24-17-9-19-8-16-18(17)14-6-13(23-3)4-5-15(14)21-16;/h4-6,8-9,11-12,20-22H,7,10H2,1-3H3;1H. The van der Waals surface area contributed by atoms with Gasteiger partial charge in [-0.3, -0.25) is 4.98 Å². The largest absolute Gasteiger partial charge is 0.497 e. The highest BCUT2D eigenvalue weighted by atomic mass is 35.5. The summed E-state index contributed by atoms with van der Waals surface area (Å²) in [6, 6.07) is 6.18. The number of aliphatic hydroxyl groups is 1. The molecule has 1 aromatic carbocycles. The zero-order valence-corrected chi connectivity index (χ0v) is 15.4. The molecule has 2 aromatic heterocycles. The van der Waals surface area contributed by atoms with Crippen LogP contribution in [0, 0.1) is 0 Å². The predicted molar refractivity (Wildman–Crippen MR) is 102 cm³/mol. The van der Waals surface area contributed by atoms with Gasteiger partial charge in [0.05, 0.1) is 30.4 Å². The second-order valence-electron chi connectivity index (χ2n) is 6.12. The highest BCUT2D eigenvalue weighted by Gasteiger charge is 2.13. The van der Waals surface area contributed by atoms with Crippen molar-refractivity contribution in [1.82, 2.24) is 15.3 Å². The van der Waals surface area contributed by atoms with Crippen LogP contribution in [0.3, 0.4) is 0 Å². The number of H-pyrrole nitrogens is 1. The summed E-state index contributed by atoms with van der Waals surface area (Å²) >= 11 is 0. The highest BCUT2D eigenvalue weighted by Crippen LogP contribution is 2.34. The molecule has 1 atom stereocenters. The first-order valence-corrected chi connectivity index (χ1v) is 8.06. The molecular weight excluding hydrogens is 342 g/mol. The molecule has 3 rings (SSSR count). The maximum absolute atomic E-state index is 10.0. The fraction of sp³-hybridized carbons (Fsp3) is 0.389. The van der Waals surface area contributed by atoms with Crippen molar-refractivity contribution in [2.24, 2.45) is 0 Å². The van der Waals surface area contributed by atoms with Gasteiger partial charge >= 0.3 is 0 Å². The summed E-state index contributed by atoms with van der Waals surface area (Å²) in [4.78, 5) is 7.54. The van der Waals surface area contributed by atoms with Crippen molar-refractivity contribution in [3.05, 3.63) is 30.6 Å². The number of hydrogen-bond acceptors (Lipinski definition) is 5. The smallest absolute Gasteiger partial charge is 0.147 e. The van der Waals surface area contributed by atoms with Gasteiger partial charge in [0.1, 0.15) is 24.2 Å². The number of nitrogens with one attached hydrogen (secondary N) is 2. The van der Waals surface area contributed by atoms with E-state index in [-0.39, 0.29) is 19.0 Å². The monoisotopic (exact) mass is 365 g/mol. The fourth-order valence-electron chi connectivity index (χ4n) is 2.65. The van der Waals surface area contributed by atoms with Gasteiger partial charge in [-0.25, -0.2) is 0 Å². The Morgan fingerprint density at radius 1 is 1.24 bits per heavy atom. The van der Waals surface area contributed by atoms with E-state index in [4.69, 9.17) is 9.47 Å². The lowest BCUT2D eigenvalue weighted by atomic mass is 10.1. The first kappa shape index (κ1) is 19.3. The van der Waals surface area contributed by atoms with Crippen LogP contribution in [0.5, 0.6) is 11.5 Å². The Morgan fingerprint density at radius 2 is 2.04 bits per heavy atom. The molecule has 0 saturated carbocycles. The second kappa shape index (κ2) is 8.38. The lowest BCUT2D eigenvalue weighted by Crippen LogP contribution is -2.35. The first-order valence-electron chi connectivity index (χ1n) is 8.06. The fourth-order valence-corrected chi connectivity index (χ4v) is 2.65. The Balaban J connectivity index is 0.00000225. The number of hydrogen-bond donors (Lipinski definition) is 3. The van der Waals surface area contributed by atoms with Gasteiger partial charge in [-0.05, 0) is 18.2 Å². The number of methoxy groups -OCH3 is 1. The molecule has 0 spiro atoms. The van der Waals surface area contributed by atoms with Crippen molar-refractivity contribution in [3.63, 3.8) is 0 Å². The number of halogens is 1. The van der Waals surface area contributed by atoms with E-state index in [2.05, 4.69) is 15.3 Å². The van der Waals surface area contributed by atoms with Crippen molar-refractivity contribution < 1.29 is 14.6 Å². The molecule has 0 aliphatic heterocycles. The minimum atomic E-state index is -0.581. The summed E-state index contributed by atoms with van der Waals surface area (Å²) in [5, 5.41) is 15.2. The van der Waals surface area contributed by atoms with Crippen molar-refractivity contribution in [2.45, 2.75) is 26.0 Å². The molecule has 6 nitrogen and oxygen atoms in total. The van der Waals surface area contributed by atoms with E-state index in [1.807, 2.05) is 32.0 Å². The van der Waals surface area contributed by atoms with Gasteiger partial charge in [0.2, 0.25) is 0 Å². The summed E-state index contributed by atoms with van der Waals surface area (Å²) in [6.07, 6.45) is 2.87. The number of rotatable bonds is 7. The zero-order valence-electron chi connectivity index (χ0n) is 14.6. The Kier molecular flexibility index (Phi) is 6.47. The first-order chi connectivity index (χ1) is 11.6. The number of nitrogens with zero attached hydrogens (tertiary/aromatic N) is 1. The highest BCUT2D eigenvalue weighted by molar-refractivity contribution is 6.10. The molecule has 0 radical (unpaired) electrons. The van der Waals surface area contributed by atoms with Crippen molar-refractivity contribution in [3.8, 4) is 11.5 Å². The van der Waals surface area contributed by atoms with Gasteiger partial charge in [0.25, 0.3) is 0 Å². The molecule has 2 heterocycles. The topological polar surface area (TPSA) is 79.4 Å². The molecule has 3 aromatic rings. The van der Waals surface area contributed by atoms with Crippen molar-refractivity contribution >= 4 is 34.2 Å². The predicted octanol–water partition coefficient (Wildman–Crippen LogP) is 2.88. The van der Waals surface area contributed by atoms with Crippen LogP contribution in [0.1, 0.15) is 13.8 Å². The van der Waals surface area contributed by atoms with Gasteiger partial charge in [-0.15, -0.1) is 12.4 Å². The summed E-state index contributed by atoms with van der Waals surface area (Å²) in [5.74, 6) is 1.43. The average molecular weight is 366 g/mol. The van der Waals surface area contributed by atoms with Crippen LogP contribution in [0.15, 0.2) is 30.6 Å². The molecular formula is C18H24ClN3O3. The van der Waals surface area contributed by atoms with Gasteiger partial charge in [-0.1, -0.05) is 13.8 Å². The summed E-state index contributed by atoms with van der Waals surface area (Å²) in [5.41, 5.74) is 1.89. The van der Waals surface area contributed by atoms with E-state index >= 15 is 0 Å². The minimum Gasteiger partial charge on any atom is -0.497 e. The molecule has 0 aliphatic rings. The number of aromatic nitrogens is 2. The summed E-state index contributed by atoms with van der Waals surface area (Å²) in [7, 11) is 1.65. The molecule has 0 saturated heterocycles. The van der Waals surface area contributed by atoms with Gasteiger partial charge in [0.15, 0.2) is 0 Å². The number of fused-ring (bicyclic) bond motifs is 3. The van der Waals surface area contributed by atoms with Gasteiger partial charge < -0.3 is 24.9 Å². The number of pyridine rings is 1. The molecule has 3 N–H and O–H groups in total. The van der Waals surface area contributed by atoms with E-state index in [0.29, 0.717) is 18.3 Å². The van der Waals surface area contributed by atoms with Crippen LogP contribution >= 0.6 is 12.4 Å². The minimum absolute atomic E-state index is 0. The van der Waals surface area contributed by atoms with E-state index in [9.17, 15) is 5.11 Å². The Bertz CT molecular complexity index is 835. The molecule has 25 heavy (non-hydrogen) atoms. The van der Waals surface area contributed by atoms with Crippen LogP contribution in [0.2, 0.25) is 0 Å². The molecule has 0 aliphatic carbocycles. The lowest BCUT2D eigenvalue weighted by molar-refractivity contribution is 0.105. The number of aliphatic hydroxyl groups excluding tert-OH is 1. The third kappa shape index (κ3) is 4.34. The summed E-state index contributed by atoms with van der Waals surface area (Å²) in [6.45, 7) is 4.77. The summed E-state index contributed by atoms with van der Waals surface area (Å²) < 4.78 is 11.2. The van der Waals surface area contributed by atoms with Crippen LogP contribution in [-0.2, 0) is 0 Å². The quantitative estimate of drug-likeness (QED) is 0.600. The van der Waals surface area contributed by atoms with Crippen LogP contribution in [0.25, 0.3) is 21.8 Å². The molecule has 1 unspecified atom stereocenters. The van der Waals surface area contributed by atoms with E-state index in [0.717, 1.165) is 27.6 Å². The Labute approximate surface area is 153 Å². The van der Waals surface area contributed by atoms with Gasteiger partial charge in [0, 0.05) is 23.5 Å². The third-order valence-corrected chi connectivity index (χ3v) is 3.87. The Hall–Kier alpha value is -2.02. The van der Waals surface area contributed by atoms with E-state index in [1.54, 1.807) is 19.5 Å². The maximum Gasteiger partial charge on any atom is 0.147 e. The molecule has 136 valence electrons. The van der Waals surface area contributed by atoms with Gasteiger partial charge in [-0.2, -0.15) is 0 Å². The Morgan fingerprint density at radius 3 is 2.76 bits per heavy atom. The number of benzene rings is 1. The van der Waals surface area contributed by atoms with Crippen molar-refractivity contribution in [2.75, 3.05) is 20.3 Å². The number of ether oxygens (including phenoxy) is 2. The molecule has 0 fully saturated rings. The van der Waals surface area contributed by atoms with Crippen molar-refractivity contribution in [1.29, 1.82) is 0 Å². The normalized spacial score (nSPS) is 12.4. The molecule has 0 amide bonds. The molecule has 7 heteroatoms. The SMILES string of the molecule is COc1ccc2[nH]c3cncc(OCC(O)CNC(C)C)c3c2c1.Cl. The lowest BCUT2D eigenvalue weighted by Gasteiger charge is -2.15. The van der Waals surface area contributed by atoms with E-state index in [1.165, 1.54) is 0 Å². The number of aromatic amines is 1. The second-order valence-corrected chi connectivity index (χ2v) is 6.12. The third-order valence-electron chi connectivity index (χ3n) is 3.87. The van der Waals surface area contributed by atoms with E-state index < -0.39 is 6.10 Å². The van der Waals surface area contributed by atoms with Crippen LogP contribution < -0.4 is 14.8 Å². The average Bonchev–Trinajstić information content (AvgIpc) is 2.96. The van der Waals surface area contributed by atoms with Crippen LogP contribution in [0.4, 0.5) is 0 Å². The molecule has 0 bridgehead atoms.